The normalized spacial score (nSPS) is 11.7. The van der Waals surface area contributed by atoms with Gasteiger partial charge in [0.1, 0.15) is 24.3 Å². The number of hydrogen-bond donors (Lipinski definition) is 1. The number of ether oxygens (including phenoxy) is 2. The Morgan fingerprint density at radius 1 is 1.32 bits per heavy atom. The molecule has 0 saturated heterocycles. The quantitative estimate of drug-likeness (QED) is 0.407. The Bertz CT molecular complexity index is 766. The number of fused-ring (bicyclic) bond motifs is 1. The Hall–Kier alpha value is -1.66. The van der Waals surface area contributed by atoms with Gasteiger partial charge in [0, 0.05) is 34.5 Å². The van der Waals surface area contributed by atoms with Crippen molar-refractivity contribution in [3.63, 3.8) is 0 Å². The predicted molar refractivity (Wildman–Crippen MR) is 102 cm³/mol. The van der Waals surface area contributed by atoms with Gasteiger partial charge >= 0.3 is 0 Å². The van der Waals surface area contributed by atoms with Gasteiger partial charge in [-0.1, -0.05) is 19.6 Å². The number of methoxy groups -OCH3 is 1. The molecule has 0 spiro atoms. The van der Waals surface area contributed by atoms with Gasteiger partial charge in [-0.15, -0.1) is 0 Å². The summed E-state index contributed by atoms with van der Waals surface area (Å²) < 4.78 is 12.6. The Morgan fingerprint density at radius 3 is 2.72 bits per heavy atom. The van der Waals surface area contributed by atoms with Crippen LogP contribution >= 0.6 is 11.6 Å². The van der Waals surface area contributed by atoms with E-state index in [4.69, 9.17) is 21.1 Å². The highest BCUT2D eigenvalue weighted by Gasteiger charge is 2.17. The van der Waals surface area contributed by atoms with Crippen molar-refractivity contribution in [1.82, 2.24) is 14.5 Å². The van der Waals surface area contributed by atoms with Crippen molar-refractivity contribution < 1.29 is 9.47 Å². The number of aromatic nitrogens is 3. The van der Waals surface area contributed by atoms with Crippen molar-refractivity contribution in [2.75, 3.05) is 32.2 Å². The second kappa shape index (κ2) is 8.63. The van der Waals surface area contributed by atoms with E-state index in [0.717, 1.165) is 6.04 Å². The van der Waals surface area contributed by atoms with E-state index in [1.54, 1.807) is 17.9 Å². The van der Waals surface area contributed by atoms with E-state index in [1.165, 1.54) is 0 Å². The molecule has 0 unspecified atom stereocenters. The molecule has 0 atom stereocenters. The molecule has 0 aliphatic carbocycles. The number of nitrogens with zero attached hydrogens (tertiary/aromatic N) is 4. The van der Waals surface area contributed by atoms with Crippen molar-refractivity contribution in [3.8, 4) is 6.07 Å². The minimum Gasteiger partial charge on any atom is -0.383 e. The highest BCUT2D eigenvalue weighted by Crippen LogP contribution is 2.27. The average Bonchev–Trinajstić information content (AvgIpc) is 2.88. The third-order valence-electron chi connectivity index (χ3n) is 3.63. The van der Waals surface area contributed by atoms with Crippen molar-refractivity contribution in [3.05, 3.63) is 17.0 Å². The molecule has 9 heteroatoms. The fourth-order valence-electron chi connectivity index (χ4n) is 2.28. The summed E-state index contributed by atoms with van der Waals surface area (Å²) in [4.78, 5) is 8.50. The molecule has 2 rings (SSSR count). The Morgan fingerprint density at radius 2 is 2.08 bits per heavy atom. The maximum absolute atomic E-state index is 9.45. The van der Waals surface area contributed by atoms with Crippen LogP contribution in [0.5, 0.6) is 0 Å². The van der Waals surface area contributed by atoms with Gasteiger partial charge < -0.3 is 19.4 Å². The third kappa shape index (κ3) is 5.41. The molecule has 0 radical (unpaired) electrons. The van der Waals surface area contributed by atoms with E-state index in [9.17, 15) is 5.26 Å². The first-order valence-electron chi connectivity index (χ1n) is 8.13. The lowest BCUT2D eigenvalue weighted by atomic mass is 10.2. The molecule has 0 aliphatic rings. The van der Waals surface area contributed by atoms with E-state index in [1.807, 2.05) is 0 Å². The lowest BCUT2D eigenvalue weighted by Crippen LogP contribution is -2.22. The van der Waals surface area contributed by atoms with Crippen LogP contribution in [0.4, 0.5) is 5.82 Å². The maximum Gasteiger partial charge on any atom is 0.226 e. The molecular weight excluding hydrogens is 358 g/mol. The fourth-order valence-corrected chi connectivity index (χ4v) is 3.20. The second-order valence-corrected chi connectivity index (χ2v) is 12.9. The van der Waals surface area contributed by atoms with Gasteiger partial charge in [0.25, 0.3) is 0 Å². The van der Waals surface area contributed by atoms with E-state index < -0.39 is 8.07 Å². The van der Waals surface area contributed by atoms with Crippen LogP contribution in [-0.2, 0) is 16.2 Å². The molecule has 0 bridgehead atoms. The number of halogens is 1. The highest BCUT2D eigenvalue weighted by atomic mass is 35.5. The van der Waals surface area contributed by atoms with E-state index in [-0.39, 0.29) is 5.28 Å². The number of rotatable bonds is 9. The highest BCUT2D eigenvalue weighted by molar-refractivity contribution is 6.76. The molecule has 2 aromatic heterocycles. The lowest BCUT2D eigenvalue weighted by molar-refractivity contribution is 0.0898. The molecule has 0 saturated carbocycles. The van der Waals surface area contributed by atoms with Crippen LogP contribution in [0.1, 0.15) is 5.56 Å². The van der Waals surface area contributed by atoms with E-state index >= 15 is 0 Å². The summed E-state index contributed by atoms with van der Waals surface area (Å²) in [7, 11) is 0.482. The monoisotopic (exact) mass is 381 g/mol. The van der Waals surface area contributed by atoms with Crippen LogP contribution in [0.2, 0.25) is 31.0 Å². The van der Waals surface area contributed by atoms with Crippen molar-refractivity contribution in [2.24, 2.45) is 0 Å². The zero-order chi connectivity index (χ0) is 18.4. The molecule has 2 heterocycles. The Balaban J connectivity index is 2.25. The number of nitriles is 1. The fraction of sp³-hybridized carbons (Fsp3) is 0.562. The molecule has 2 aromatic rings. The van der Waals surface area contributed by atoms with Crippen LogP contribution < -0.4 is 5.32 Å². The van der Waals surface area contributed by atoms with Crippen molar-refractivity contribution >= 4 is 36.5 Å². The van der Waals surface area contributed by atoms with Crippen LogP contribution in [-0.4, -0.2) is 49.5 Å². The average molecular weight is 382 g/mol. The third-order valence-corrected chi connectivity index (χ3v) is 5.51. The number of anilines is 1. The zero-order valence-corrected chi connectivity index (χ0v) is 16.9. The molecule has 0 aliphatic heterocycles. The van der Waals surface area contributed by atoms with Gasteiger partial charge in [-0.05, 0) is 17.6 Å². The zero-order valence-electron chi connectivity index (χ0n) is 15.1. The minimum atomic E-state index is -1.14. The molecular formula is C16H24ClN5O2Si. The minimum absolute atomic E-state index is 0.123. The molecule has 1 N–H and O–H groups in total. The summed E-state index contributed by atoms with van der Waals surface area (Å²) in [6.07, 6.45) is 1.73. The smallest absolute Gasteiger partial charge is 0.226 e. The van der Waals surface area contributed by atoms with E-state index in [0.29, 0.717) is 48.9 Å². The molecule has 25 heavy (non-hydrogen) atoms. The lowest BCUT2D eigenvalue weighted by Gasteiger charge is -2.15. The number of hydrogen-bond acceptors (Lipinski definition) is 6. The van der Waals surface area contributed by atoms with Crippen LogP contribution in [0, 0.1) is 11.3 Å². The summed E-state index contributed by atoms with van der Waals surface area (Å²) in [6, 6.07) is 3.27. The Kier molecular flexibility index (Phi) is 6.78. The molecule has 0 amide bonds. The first-order valence-corrected chi connectivity index (χ1v) is 12.2. The van der Waals surface area contributed by atoms with Gasteiger partial charge in [0.2, 0.25) is 5.28 Å². The largest absolute Gasteiger partial charge is 0.383 e. The van der Waals surface area contributed by atoms with Gasteiger partial charge in [-0.3, -0.25) is 0 Å². The first-order chi connectivity index (χ1) is 11.9. The molecule has 0 fully saturated rings. The standard InChI is InChI=1S/C16H24ClN5O2Si/c1-23-6-5-19-14-13-12(9-18)10-22(15(13)21-16(17)20-14)11-24-7-8-25(2,3)4/h10H,5-8,11H2,1-4H3,(H,19,20,21). The summed E-state index contributed by atoms with van der Waals surface area (Å²) in [5.41, 5.74) is 1.07. The molecule has 0 aromatic carbocycles. The predicted octanol–water partition coefficient (Wildman–Crippen LogP) is 3.33. The summed E-state index contributed by atoms with van der Waals surface area (Å²) in [6.45, 7) is 9.01. The Labute approximate surface area is 153 Å². The number of nitrogens with one attached hydrogen (secondary N) is 1. The van der Waals surface area contributed by atoms with Gasteiger partial charge in [-0.2, -0.15) is 10.2 Å². The second-order valence-electron chi connectivity index (χ2n) is 6.93. The maximum atomic E-state index is 9.45. The SMILES string of the molecule is COCCNc1nc(Cl)nc2c1c(C#N)cn2COCC[Si](C)(C)C. The topological polar surface area (TPSA) is 85.0 Å². The summed E-state index contributed by atoms with van der Waals surface area (Å²) in [5, 5.41) is 13.4. The van der Waals surface area contributed by atoms with Gasteiger partial charge in [-0.25, -0.2) is 4.98 Å². The van der Waals surface area contributed by atoms with Gasteiger partial charge in [0.15, 0.2) is 0 Å². The summed E-state index contributed by atoms with van der Waals surface area (Å²) >= 11 is 6.06. The van der Waals surface area contributed by atoms with Crippen LogP contribution in [0.25, 0.3) is 11.0 Å². The van der Waals surface area contributed by atoms with Crippen molar-refractivity contribution in [2.45, 2.75) is 32.4 Å². The molecule has 136 valence electrons. The molecule has 7 nitrogen and oxygen atoms in total. The summed E-state index contributed by atoms with van der Waals surface area (Å²) in [5.74, 6) is 0.532. The first kappa shape index (κ1) is 19.7. The van der Waals surface area contributed by atoms with Crippen LogP contribution in [0.15, 0.2) is 6.20 Å². The van der Waals surface area contributed by atoms with Crippen LogP contribution in [0.3, 0.4) is 0 Å². The van der Waals surface area contributed by atoms with E-state index in [2.05, 4.69) is 41.0 Å². The van der Waals surface area contributed by atoms with Crippen molar-refractivity contribution in [1.29, 1.82) is 5.26 Å². The van der Waals surface area contributed by atoms with Gasteiger partial charge in [0.05, 0.1) is 17.6 Å².